The van der Waals surface area contributed by atoms with Crippen molar-refractivity contribution in [3.8, 4) is 11.3 Å². The quantitative estimate of drug-likeness (QED) is 0.766. The Labute approximate surface area is 147 Å². The molecule has 0 saturated carbocycles. The highest BCUT2D eigenvalue weighted by Gasteiger charge is 2.20. The molecule has 0 aliphatic heterocycles. The van der Waals surface area contributed by atoms with Crippen LogP contribution in [0, 0.1) is 0 Å². The molecule has 1 aromatic carbocycles. The van der Waals surface area contributed by atoms with Gasteiger partial charge in [0.1, 0.15) is 0 Å². The molecule has 0 fully saturated rings. The number of benzene rings is 1. The van der Waals surface area contributed by atoms with Crippen molar-refractivity contribution in [1.82, 2.24) is 19.9 Å². The Morgan fingerprint density at radius 3 is 2.64 bits per heavy atom. The number of anilines is 1. The number of nitrogens with zero attached hydrogens (tertiary/aromatic N) is 3. The van der Waals surface area contributed by atoms with Crippen LogP contribution in [0.3, 0.4) is 0 Å². The SMILES string of the molecule is CNC1(C)C=CC(Nc2nc3cccc(-c4ccccc4)n3n2)=CC1. The van der Waals surface area contributed by atoms with Crippen molar-refractivity contribution in [1.29, 1.82) is 0 Å². The molecule has 126 valence electrons. The van der Waals surface area contributed by atoms with Gasteiger partial charge in [0.05, 0.1) is 5.69 Å². The Morgan fingerprint density at radius 2 is 1.92 bits per heavy atom. The van der Waals surface area contributed by atoms with Crippen LogP contribution in [-0.2, 0) is 0 Å². The Bertz CT molecular complexity index is 955. The van der Waals surface area contributed by atoms with Crippen LogP contribution in [0.15, 0.2) is 72.5 Å². The molecule has 0 amide bonds. The molecular weight excluding hydrogens is 310 g/mol. The Morgan fingerprint density at radius 1 is 1.08 bits per heavy atom. The smallest absolute Gasteiger partial charge is 0.247 e. The molecule has 1 aliphatic carbocycles. The van der Waals surface area contributed by atoms with Gasteiger partial charge in [-0.1, -0.05) is 48.6 Å². The van der Waals surface area contributed by atoms with E-state index < -0.39 is 0 Å². The van der Waals surface area contributed by atoms with Crippen molar-refractivity contribution in [3.63, 3.8) is 0 Å². The molecule has 4 rings (SSSR count). The second kappa shape index (κ2) is 6.18. The Hall–Kier alpha value is -2.92. The summed E-state index contributed by atoms with van der Waals surface area (Å²) in [6, 6.07) is 16.3. The molecule has 2 heterocycles. The predicted molar refractivity (Wildman–Crippen MR) is 101 cm³/mol. The molecule has 25 heavy (non-hydrogen) atoms. The number of likely N-dealkylation sites (N-methyl/N-ethyl adjacent to an activating group) is 1. The topological polar surface area (TPSA) is 54.2 Å². The third-order valence-corrected chi connectivity index (χ3v) is 4.63. The average Bonchev–Trinajstić information content (AvgIpc) is 3.07. The fourth-order valence-corrected chi connectivity index (χ4v) is 2.92. The van der Waals surface area contributed by atoms with E-state index in [-0.39, 0.29) is 5.54 Å². The van der Waals surface area contributed by atoms with Gasteiger partial charge in [0.2, 0.25) is 5.95 Å². The Balaban J connectivity index is 1.64. The summed E-state index contributed by atoms with van der Waals surface area (Å²) in [4.78, 5) is 4.60. The summed E-state index contributed by atoms with van der Waals surface area (Å²) in [7, 11) is 1.98. The van der Waals surface area contributed by atoms with E-state index in [1.807, 2.05) is 41.9 Å². The van der Waals surface area contributed by atoms with E-state index >= 15 is 0 Å². The Kier molecular flexibility index (Phi) is 3.86. The van der Waals surface area contributed by atoms with Gasteiger partial charge >= 0.3 is 0 Å². The minimum atomic E-state index is 0.0119. The van der Waals surface area contributed by atoms with E-state index in [4.69, 9.17) is 0 Å². The second-order valence-electron chi connectivity index (χ2n) is 6.47. The zero-order valence-electron chi connectivity index (χ0n) is 14.4. The first-order valence-corrected chi connectivity index (χ1v) is 8.43. The van der Waals surface area contributed by atoms with E-state index in [1.165, 1.54) is 0 Å². The predicted octanol–water partition coefficient (Wildman–Crippen LogP) is 3.63. The number of fused-ring (bicyclic) bond motifs is 1. The number of allylic oxidation sites excluding steroid dienone is 1. The minimum absolute atomic E-state index is 0.0119. The fourth-order valence-electron chi connectivity index (χ4n) is 2.92. The second-order valence-corrected chi connectivity index (χ2v) is 6.47. The number of pyridine rings is 1. The van der Waals surface area contributed by atoms with Crippen molar-refractivity contribution in [2.24, 2.45) is 0 Å². The lowest BCUT2D eigenvalue weighted by Gasteiger charge is -2.27. The lowest BCUT2D eigenvalue weighted by atomic mass is 9.93. The van der Waals surface area contributed by atoms with Gasteiger partial charge < -0.3 is 10.6 Å². The average molecular weight is 331 g/mol. The van der Waals surface area contributed by atoms with E-state index in [1.54, 1.807) is 0 Å². The molecule has 1 aliphatic rings. The molecule has 5 nitrogen and oxygen atoms in total. The van der Waals surface area contributed by atoms with Crippen LogP contribution in [-0.4, -0.2) is 27.2 Å². The normalized spacial score (nSPS) is 19.8. The maximum atomic E-state index is 4.64. The van der Waals surface area contributed by atoms with Crippen molar-refractivity contribution in [3.05, 3.63) is 72.5 Å². The lowest BCUT2D eigenvalue weighted by Crippen LogP contribution is -2.38. The van der Waals surface area contributed by atoms with Crippen LogP contribution >= 0.6 is 0 Å². The summed E-state index contributed by atoms with van der Waals surface area (Å²) in [5.41, 5.74) is 3.99. The molecule has 3 aromatic rings. The van der Waals surface area contributed by atoms with Crippen LogP contribution in [0.5, 0.6) is 0 Å². The highest BCUT2D eigenvalue weighted by atomic mass is 15.4. The van der Waals surface area contributed by atoms with Gasteiger partial charge in [-0.3, -0.25) is 0 Å². The van der Waals surface area contributed by atoms with Gasteiger partial charge in [-0.05, 0) is 38.6 Å². The van der Waals surface area contributed by atoms with Crippen LogP contribution < -0.4 is 10.6 Å². The summed E-state index contributed by atoms with van der Waals surface area (Å²) < 4.78 is 1.88. The van der Waals surface area contributed by atoms with Crippen LogP contribution in [0.25, 0.3) is 16.9 Å². The maximum Gasteiger partial charge on any atom is 0.247 e. The molecule has 0 bridgehead atoms. The van der Waals surface area contributed by atoms with E-state index in [9.17, 15) is 0 Å². The number of nitrogens with one attached hydrogen (secondary N) is 2. The number of hydrogen-bond donors (Lipinski definition) is 2. The molecule has 2 aromatic heterocycles. The van der Waals surface area contributed by atoms with Crippen LogP contribution in [0.2, 0.25) is 0 Å². The molecule has 2 N–H and O–H groups in total. The molecular formula is C20H21N5. The fraction of sp³-hybridized carbons (Fsp3) is 0.200. The highest BCUT2D eigenvalue weighted by molar-refractivity contribution is 5.63. The zero-order valence-corrected chi connectivity index (χ0v) is 14.4. The molecule has 1 atom stereocenters. The van der Waals surface area contributed by atoms with Crippen molar-refractivity contribution in [2.45, 2.75) is 18.9 Å². The third kappa shape index (κ3) is 3.06. The number of hydrogen-bond acceptors (Lipinski definition) is 4. The van der Waals surface area contributed by atoms with Gasteiger partial charge in [-0.2, -0.15) is 4.98 Å². The van der Waals surface area contributed by atoms with Crippen molar-refractivity contribution >= 4 is 11.6 Å². The molecule has 0 saturated heterocycles. The molecule has 1 unspecified atom stereocenters. The van der Waals surface area contributed by atoms with Gasteiger partial charge in [0, 0.05) is 16.8 Å². The number of aromatic nitrogens is 3. The summed E-state index contributed by atoms with van der Waals surface area (Å²) >= 11 is 0. The van der Waals surface area contributed by atoms with Crippen LogP contribution in [0.1, 0.15) is 13.3 Å². The first kappa shape index (κ1) is 15.6. The lowest BCUT2D eigenvalue weighted by molar-refractivity contribution is 0.480. The van der Waals surface area contributed by atoms with E-state index in [2.05, 4.69) is 64.1 Å². The van der Waals surface area contributed by atoms with Crippen molar-refractivity contribution in [2.75, 3.05) is 12.4 Å². The van der Waals surface area contributed by atoms with Gasteiger partial charge in [-0.25, -0.2) is 4.52 Å². The number of rotatable bonds is 4. The van der Waals surface area contributed by atoms with Gasteiger partial charge in [0.25, 0.3) is 0 Å². The van der Waals surface area contributed by atoms with Crippen LogP contribution in [0.4, 0.5) is 5.95 Å². The highest BCUT2D eigenvalue weighted by Crippen LogP contribution is 2.23. The van der Waals surface area contributed by atoms with Crippen molar-refractivity contribution < 1.29 is 0 Å². The summed E-state index contributed by atoms with van der Waals surface area (Å²) in [5.74, 6) is 0.604. The third-order valence-electron chi connectivity index (χ3n) is 4.63. The monoisotopic (exact) mass is 331 g/mol. The summed E-state index contributed by atoms with van der Waals surface area (Å²) in [6.45, 7) is 2.17. The molecule has 0 radical (unpaired) electrons. The van der Waals surface area contributed by atoms with E-state index in [0.29, 0.717) is 5.95 Å². The molecule has 5 heteroatoms. The minimum Gasteiger partial charge on any atom is -0.323 e. The molecule has 0 spiro atoms. The van der Waals surface area contributed by atoms with Gasteiger partial charge in [0.15, 0.2) is 5.65 Å². The largest absolute Gasteiger partial charge is 0.323 e. The maximum absolute atomic E-state index is 4.64. The summed E-state index contributed by atoms with van der Waals surface area (Å²) in [6.07, 6.45) is 7.33. The van der Waals surface area contributed by atoms with Gasteiger partial charge in [-0.15, -0.1) is 5.10 Å². The van der Waals surface area contributed by atoms with E-state index in [0.717, 1.165) is 29.0 Å². The summed E-state index contributed by atoms with van der Waals surface area (Å²) in [5, 5.41) is 11.3. The zero-order chi connectivity index (χ0) is 17.3. The standard InChI is InChI=1S/C20H21N5/c1-20(21-2)13-11-16(12-14-20)22-19-23-18-10-6-9-17(25(18)24-19)15-7-4-3-5-8-15/h3-13,21H,14H2,1-2H3,(H,22,24). The first-order chi connectivity index (χ1) is 12.2. The first-order valence-electron chi connectivity index (χ1n) is 8.43.